The van der Waals surface area contributed by atoms with Gasteiger partial charge in [-0.3, -0.25) is 23.4 Å². The zero-order valence-electron chi connectivity index (χ0n) is 56.8. The number of esters is 3. The van der Waals surface area contributed by atoms with Gasteiger partial charge in [0.15, 0.2) is 18.7 Å². The van der Waals surface area contributed by atoms with E-state index in [1.165, 1.54) is 135 Å². The third kappa shape index (κ3) is 35.0. The van der Waals surface area contributed by atoms with Crippen LogP contribution in [0.2, 0.25) is 0 Å². The number of carbonyl (C=O) groups is 3. The second-order valence-corrected chi connectivity index (χ2v) is 27.7. The Bertz CT molecular complexity index is 1940. The van der Waals surface area contributed by atoms with Gasteiger partial charge in [0.2, 0.25) is 0 Å². The molecule has 3 fully saturated rings. The first-order chi connectivity index (χ1) is 44.8. The van der Waals surface area contributed by atoms with Crippen molar-refractivity contribution in [2.45, 2.75) is 388 Å². The van der Waals surface area contributed by atoms with Crippen molar-refractivity contribution < 1.29 is 117 Å². The van der Waals surface area contributed by atoms with Crippen LogP contribution in [0, 0.1) is 0 Å². The van der Waals surface area contributed by atoms with Gasteiger partial charge in [-0.05, 0) is 19.3 Å². The summed E-state index contributed by atoms with van der Waals surface area (Å²) in [5, 5.41) is 110. The molecule has 2 aliphatic heterocycles. The van der Waals surface area contributed by atoms with Crippen LogP contribution in [0.5, 0.6) is 0 Å². The van der Waals surface area contributed by atoms with Gasteiger partial charge in [-0.2, -0.15) is 0 Å². The molecule has 1 aliphatic carbocycles. The number of hydrogen-bond acceptors (Lipinski definition) is 23. The summed E-state index contributed by atoms with van der Waals surface area (Å²) in [4.78, 5) is 50.8. The molecule has 0 aromatic rings. The van der Waals surface area contributed by atoms with Gasteiger partial charge in [0.1, 0.15) is 98.7 Å². The van der Waals surface area contributed by atoms with Crippen LogP contribution in [-0.4, -0.2) is 204 Å². The number of phosphoric acid groups is 1. The highest BCUT2D eigenvalue weighted by atomic mass is 31.2. The highest BCUT2D eigenvalue weighted by molar-refractivity contribution is 7.47. The molecule has 2 heterocycles. The summed E-state index contributed by atoms with van der Waals surface area (Å²) in [7, 11) is -5.69. The maximum atomic E-state index is 14.3. The molecule has 2 saturated heterocycles. The van der Waals surface area contributed by atoms with Crippen LogP contribution in [0.4, 0.5) is 0 Å². The van der Waals surface area contributed by atoms with Crippen LogP contribution in [0.1, 0.15) is 284 Å². The van der Waals surface area contributed by atoms with E-state index >= 15 is 0 Å². The smallest absolute Gasteiger partial charge is 0.463 e. The highest BCUT2D eigenvalue weighted by Crippen LogP contribution is 2.49. The number of aliphatic hydroxyl groups is 10. The third-order valence-corrected chi connectivity index (χ3v) is 19.1. The molecule has 0 aromatic carbocycles. The largest absolute Gasteiger partial charge is 0.472 e. The van der Waals surface area contributed by atoms with Crippen molar-refractivity contribution in [3.63, 3.8) is 0 Å². The van der Waals surface area contributed by atoms with E-state index in [0.717, 1.165) is 89.9 Å². The number of ether oxygens (including phenoxy) is 7. The lowest BCUT2D eigenvalue weighted by Crippen LogP contribution is -2.69. The molecule has 25 heteroatoms. The predicted octanol–water partition coefficient (Wildman–Crippen LogP) is 9.01. The quantitative estimate of drug-likeness (QED) is 0.0117. The summed E-state index contributed by atoms with van der Waals surface area (Å²) >= 11 is 0. The molecule has 0 bridgehead atoms. The lowest BCUT2D eigenvalue weighted by atomic mass is 9.84. The Morgan fingerprint density at radius 3 is 1.05 bits per heavy atom. The number of rotatable bonds is 56. The Balaban J connectivity index is 1.76. The summed E-state index contributed by atoms with van der Waals surface area (Å²) in [5.74, 6) is -1.98. The van der Waals surface area contributed by atoms with Gasteiger partial charge in [0.05, 0.1) is 13.2 Å². The second kappa shape index (κ2) is 51.2. The summed E-state index contributed by atoms with van der Waals surface area (Å²) in [6.07, 6.45) is 6.22. The summed E-state index contributed by atoms with van der Waals surface area (Å²) < 4.78 is 64.9. The molecule has 24 nitrogen and oxygen atoms in total. The monoisotopic (exact) mass is 1360 g/mol. The van der Waals surface area contributed by atoms with E-state index in [2.05, 4.69) is 20.8 Å². The van der Waals surface area contributed by atoms with Crippen molar-refractivity contribution in [3.8, 4) is 0 Å². The number of phosphoric ester groups is 1. The SMILES string of the molecule is CCCCCCCCCCCCCCCCC(=O)OC(COC(=O)CCCCCCCCCCCCCCC)COP(=O)(O)OC1C(OC2OC(CO)C(O)C(O)C2O)C(O)C(O)C(O)C1OC1OC(COC(=O)CCCCCCCCCCCCC)C(O)C(O)C1O. The van der Waals surface area contributed by atoms with E-state index in [1.54, 1.807) is 0 Å². The lowest BCUT2D eigenvalue weighted by Gasteiger charge is -2.49. The predicted molar refractivity (Wildman–Crippen MR) is 347 cm³/mol. The average molecular weight is 1360 g/mol. The zero-order chi connectivity index (χ0) is 68.2. The lowest BCUT2D eigenvalue weighted by molar-refractivity contribution is -0.360. The van der Waals surface area contributed by atoms with Gasteiger partial charge in [0.25, 0.3) is 0 Å². The zero-order valence-corrected chi connectivity index (χ0v) is 57.7. The maximum absolute atomic E-state index is 14.3. The number of hydrogen-bond donors (Lipinski definition) is 11. The second-order valence-electron chi connectivity index (χ2n) is 26.3. The topological polar surface area (TPSA) is 374 Å². The van der Waals surface area contributed by atoms with Crippen LogP contribution in [-0.2, 0) is 61.2 Å². The fourth-order valence-electron chi connectivity index (χ4n) is 12.2. The molecule has 3 aliphatic rings. The average Bonchev–Trinajstić information content (AvgIpc) is 0.776. The Hall–Kier alpha value is -2.04. The molecule has 0 radical (unpaired) electrons. The Morgan fingerprint density at radius 1 is 0.376 bits per heavy atom. The molecule has 1 saturated carbocycles. The molecule has 548 valence electrons. The third-order valence-electron chi connectivity index (χ3n) is 18.1. The van der Waals surface area contributed by atoms with E-state index in [9.17, 15) is 74.9 Å². The Kier molecular flexibility index (Phi) is 46.9. The van der Waals surface area contributed by atoms with Gasteiger partial charge >= 0.3 is 25.7 Å². The molecule has 11 N–H and O–H groups in total. The van der Waals surface area contributed by atoms with E-state index in [4.69, 9.17) is 42.2 Å². The van der Waals surface area contributed by atoms with Crippen molar-refractivity contribution in [3.05, 3.63) is 0 Å². The van der Waals surface area contributed by atoms with E-state index in [0.29, 0.717) is 19.3 Å². The maximum Gasteiger partial charge on any atom is 0.472 e. The molecular formula is C68H127O24P. The van der Waals surface area contributed by atoms with Gasteiger partial charge in [-0.25, -0.2) is 4.57 Å². The Morgan fingerprint density at radius 2 is 0.688 bits per heavy atom. The molecule has 0 aromatic heterocycles. The number of carbonyl (C=O) groups excluding carboxylic acids is 3. The standard InChI is InChI=1S/C68H127O24P/c1-4-7-10-13-16-19-22-24-26-29-32-35-38-41-44-54(72)87-49(46-84-52(70)42-39-36-33-31-28-25-23-20-17-14-11-8-5-2)47-86-93(82,83)92-66-64(90-67-62(80)57(75)55(73)50(45-69)88-67)60(78)59(77)61(79)65(66)91-68-63(81)58(76)56(74)51(89-68)48-85-53(71)43-40-37-34-30-27-21-18-15-12-9-6-3/h49-51,55-69,73-81H,4-48H2,1-3H3,(H,82,83). The van der Waals surface area contributed by atoms with Crippen molar-refractivity contribution >= 4 is 25.7 Å². The van der Waals surface area contributed by atoms with Crippen molar-refractivity contribution in [2.75, 3.05) is 26.4 Å². The normalized spacial score (nSPS) is 28.4. The summed E-state index contributed by atoms with van der Waals surface area (Å²) in [6, 6.07) is 0. The van der Waals surface area contributed by atoms with E-state index in [1.807, 2.05) is 0 Å². The Labute approximate surface area is 555 Å². The minimum absolute atomic E-state index is 0.0327. The highest BCUT2D eigenvalue weighted by Gasteiger charge is 2.58. The van der Waals surface area contributed by atoms with Crippen LogP contribution in [0.25, 0.3) is 0 Å². The number of unbranched alkanes of at least 4 members (excludes halogenated alkanes) is 35. The van der Waals surface area contributed by atoms with Crippen LogP contribution < -0.4 is 0 Å². The molecule has 3 rings (SSSR count). The fourth-order valence-corrected chi connectivity index (χ4v) is 13.1. The van der Waals surface area contributed by atoms with E-state index in [-0.39, 0.29) is 19.3 Å². The minimum Gasteiger partial charge on any atom is -0.463 e. The van der Waals surface area contributed by atoms with Crippen LogP contribution >= 0.6 is 7.82 Å². The molecular weight excluding hydrogens is 1230 g/mol. The molecule has 18 atom stereocenters. The van der Waals surface area contributed by atoms with Crippen molar-refractivity contribution in [2.24, 2.45) is 0 Å². The van der Waals surface area contributed by atoms with Crippen molar-refractivity contribution in [1.29, 1.82) is 0 Å². The van der Waals surface area contributed by atoms with Crippen LogP contribution in [0.15, 0.2) is 0 Å². The minimum atomic E-state index is -5.69. The van der Waals surface area contributed by atoms with Crippen molar-refractivity contribution in [1.82, 2.24) is 0 Å². The van der Waals surface area contributed by atoms with E-state index < -0.39 is 156 Å². The van der Waals surface area contributed by atoms with Gasteiger partial charge in [-0.15, -0.1) is 0 Å². The van der Waals surface area contributed by atoms with Gasteiger partial charge < -0.3 is 89.1 Å². The van der Waals surface area contributed by atoms with Crippen LogP contribution in [0.3, 0.4) is 0 Å². The molecule has 93 heavy (non-hydrogen) atoms. The first-order valence-electron chi connectivity index (χ1n) is 36.3. The fraction of sp³-hybridized carbons (Fsp3) is 0.956. The number of aliphatic hydroxyl groups excluding tert-OH is 10. The summed E-state index contributed by atoms with van der Waals surface area (Å²) in [6.45, 7) is 3.43. The first kappa shape index (κ1) is 85.2. The summed E-state index contributed by atoms with van der Waals surface area (Å²) in [5.41, 5.74) is 0. The van der Waals surface area contributed by atoms with Gasteiger partial charge in [0, 0.05) is 19.3 Å². The first-order valence-corrected chi connectivity index (χ1v) is 37.8. The molecule has 0 amide bonds. The molecule has 0 spiro atoms. The molecule has 18 unspecified atom stereocenters. The van der Waals surface area contributed by atoms with Gasteiger partial charge in [-0.1, -0.05) is 245 Å².